The van der Waals surface area contributed by atoms with E-state index in [1.165, 1.54) is 42.6 Å². The summed E-state index contributed by atoms with van der Waals surface area (Å²) in [6.07, 6.45) is 2.17. The number of aliphatic hydroxyl groups excluding tert-OH is 1. The van der Waals surface area contributed by atoms with E-state index in [0.29, 0.717) is 17.2 Å². The minimum atomic E-state index is -1.79. The number of rotatable bonds is 7. The van der Waals surface area contributed by atoms with E-state index < -0.39 is 34.7 Å². The fourth-order valence-corrected chi connectivity index (χ4v) is 3.25. The maximum absolute atomic E-state index is 14.1. The van der Waals surface area contributed by atoms with Crippen LogP contribution in [0.4, 0.5) is 8.78 Å². The number of carbonyl (C=O) groups is 2. The van der Waals surface area contributed by atoms with Gasteiger partial charge in [0.25, 0.3) is 11.3 Å². The van der Waals surface area contributed by atoms with Crippen molar-refractivity contribution in [1.82, 2.24) is 4.57 Å². The number of halogens is 2. The first kappa shape index (κ1) is 22.6. The molecule has 0 aliphatic carbocycles. The fourth-order valence-electron chi connectivity index (χ4n) is 3.25. The van der Waals surface area contributed by atoms with Gasteiger partial charge < -0.3 is 14.8 Å². The van der Waals surface area contributed by atoms with Gasteiger partial charge in [-0.15, -0.1) is 0 Å². The van der Waals surface area contributed by atoms with Crippen LogP contribution in [0.1, 0.15) is 27.8 Å². The Morgan fingerprint density at radius 2 is 1.75 bits per heavy atom. The highest BCUT2D eigenvalue weighted by Gasteiger charge is 2.16. The van der Waals surface area contributed by atoms with Crippen molar-refractivity contribution in [2.75, 3.05) is 0 Å². The van der Waals surface area contributed by atoms with Gasteiger partial charge in [0.1, 0.15) is 17.4 Å². The van der Waals surface area contributed by atoms with Crippen molar-refractivity contribution in [3.8, 4) is 0 Å². The summed E-state index contributed by atoms with van der Waals surface area (Å²) in [6.45, 7) is 1.56. The van der Waals surface area contributed by atoms with Crippen LogP contribution in [0, 0.1) is 18.6 Å². The van der Waals surface area contributed by atoms with E-state index in [4.69, 9.17) is 5.11 Å². The number of nitrogens with zero attached hydrogens (tertiary/aromatic N) is 1. The number of ketones is 1. The molecule has 0 amide bonds. The van der Waals surface area contributed by atoms with Gasteiger partial charge in [-0.05, 0) is 54.3 Å². The minimum absolute atomic E-state index is 0.158. The minimum Gasteiger partial charge on any atom is -0.507 e. The number of hydrogen-bond donors (Lipinski definition) is 2. The molecule has 2 aromatic carbocycles. The zero-order valence-corrected chi connectivity index (χ0v) is 17.0. The van der Waals surface area contributed by atoms with Crippen molar-refractivity contribution in [3.63, 3.8) is 0 Å². The van der Waals surface area contributed by atoms with Crippen LogP contribution >= 0.6 is 0 Å². The quantitative estimate of drug-likeness (QED) is 0.333. The highest BCUT2D eigenvalue weighted by atomic mass is 19.1. The van der Waals surface area contributed by atoms with Crippen LogP contribution in [0.5, 0.6) is 0 Å². The molecule has 0 saturated heterocycles. The molecule has 2 N–H and O–H groups in total. The van der Waals surface area contributed by atoms with Gasteiger partial charge in [-0.2, -0.15) is 0 Å². The van der Waals surface area contributed by atoms with Gasteiger partial charge in [0, 0.05) is 17.8 Å². The lowest BCUT2D eigenvalue weighted by Crippen LogP contribution is -2.25. The Bertz CT molecular complexity index is 1290. The second-order valence-electron chi connectivity index (χ2n) is 7.23. The Balaban J connectivity index is 2.12. The molecule has 8 heteroatoms. The van der Waals surface area contributed by atoms with Crippen molar-refractivity contribution in [2.24, 2.45) is 0 Å². The second-order valence-corrected chi connectivity index (χ2v) is 7.23. The SMILES string of the molecule is Cc1cc(F)ccc1Cc1cc(/C(O)=C/C(=O)C(=O)O)c(=O)n(Cc2ccccc2F)c1. The largest absolute Gasteiger partial charge is 0.507 e. The molecule has 0 unspecified atom stereocenters. The first-order valence-corrected chi connectivity index (χ1v) is 9.56. The maximum Gasteiger partial charge on any atom is 0.376 e. The molecule has 0 aliphatic rings. The molecule has 0 radical (unpaired) electrons. The van der Waals surface area contributed by atoms with Crippen LogP contribution in [-0.4, -0.2) is 26.5 Å². The van der Waals surface area contributed by atoms with Gasteiger partial charge in [0.15, 0.2) is 0 Å². The van der Waals surface area contributed by atoms with E-state index in [1.54, 1.807) is 19.1 Å². The molecule has 6 nitrogen and oxygen atoms in total. The molecule has 1 heterocycles. The van der Waals surface area contributed by atoms with Crippen LogP contribution in [0.2, 0.25) is 0 Å². The number of aromatic nitrogens is 1. The summed E-state index contributed by atoms with van der Waals surface area (Å²) in [5.41, 5.74) is 1.10. The van der Waals surface area contributed by atoms with Gasteiger partial charge >= 0.3 is 5.97 Å². The van der Waals surface area contributed by atoms with Crippen molar-refractivity contribution >= 4 is 17.5 Å². The topological polar surface area (TPSA) is 96.6 Å². The summed E-state index contributed by atoms with van der Waals surface area (Å²) >= 11 is 0. The van der Waals surface area contributed by atoms with Crippen LogP contribution in [0.25, 0.3) is 5.76 Å². The highest BCUT2D eigenvalue weighted by Crippen LogP contribution is 2.18. The Morgan fingerprint density at radius 1 is 1.03 bits per heavy atom. The van der Waals surface area contributed by atoms with Crippen LogP contribution < -0.4 is 5.56 Å². The number of hydrogen-bond acceptors (Lipinski definition) is 4. The number of carboxylic acids is 1. The van der Waals surface area contributed by atoms with Gasteiger partial charge in [0.05, 0.1) is 12.1 Å². The lowest BCUT2D eigenvalue weighted by atomic mass is 10.00. The van der Waals surface area contributed by atoms with Gasteiger partial charge in [0.2, 0.25) is 0 Å². The summed E-state index contributed by atoms with van der Waals surface area (Å²) in [7, 11) is 0. The predicted octanol–water partition coefficient (Wildman–Crippen LogP) is 3.63. The standard InChI is InChI=1S/C24H19F2NO5/c1-14-8-18(25)7-6-16(14)9-15-10-19(21(28)11-22(29)24(31)32)23(30)27(12-15)13-17-4-2-3-5-20(17)26/h2-8,10-12,28H,9,13H2,1H3,(H,31,32)/b21-11-. The molecular weight excluding hydrogens is 420 g/mol. The molecule has 32 heavy (non-hydrogen) atoms. The molecule has 0 fully saturated rings. The number of benzene rings is 2. The summed E-state index contributed by atoms with van der Waals surface area (Å²) in [5, 5.41) is 19.1. The summed E-state index contributed by atoms with van der Waals surface area (Å²) in [6, 6.07) is 11.4. The first-order chi connectivity index (χ1) is 15.2. The molecule has 3 aromatic rings. The Kier molecular flexibility index (Phi) is 6.63. The van der Waals surface area contributed by atoms with Crippen LogP contribution in [0.3, 0.4) is 0 Å². The van der Waals surface area contributed by atoms with E-state index in [1.807, 2.05) is 0 Å². The number of aliphatic hydroxyl groups is 1. The summed E-state index contributed by atoms with van der Waals surface area (Å²) < 4.78 is 28.7. The van der Waals surface area contributed by atoms with Crippen LogP contribution in [-0.2, 0) is 22.6 Å². The van der Waals surface area contributed by atoms with Gasteiger partial charge in [-0.3, -0.25) is 9.59 Å². The number of carbonyl (C=O) groups excluding carboxylic acids is 1. The van der Waals surface area contributed by atoms with E-state index in [-0.39, 0.29) is 24.1 Å². The lowest BCUT2D eigenvalue weighted by molar-refractivity contribution is -0.146. The molecule has 0 saturated carbocycles. The van der Waals surface area contributed by atoms with Crippen molar-refractivity contribution < 1.29 is 28.6 Å². The average Bonchev–Trinajstić information content (AvgIpc) is 2.73. The smallest absolute Gasteiger partial charge is 0.376 e. The fraction of sp³-hybridized carbons (Fsp3) is 0.125. The summed E-state index contributed by atoms with van der Waals surface area (Å²) in [4.78, 5) is 35.2. The lowest BCUT2D eigenvalue weighted by Gasteiger charge is -2.13. The molecule has 3 rings (SSSR count). The molecule has 0 spiro atoms. The highest BCUT2D eigenvalue weighted by molar-refractivity contribution is 6.38. The van der Waals surface area contributed by atoms with Gasteiger partial charge in [-0.25, -0.2) is 13.6 Å². The molecular formula is C24H19F2NO5. The Morgan fingerprint density at radius 3 is 2.41 bits per heavy atom. The third kappa shape index (κ3) is 5.15. The predicted molar refractivity (Wildman–Crippen MR) is 113 cm³/mol. The Labute approximate surface area is 181 Å². The Hall–Kier alpha value is -4.07. The molecule has 1 aromatic heterocycles. The molecule has 164 valence electrons. The monoisotopic (exact) mass is 439 g/mol. The number of carboxylic acid groups (broad SMARTS) is 1. The molecule has 0 aliphatic heterocycles. The van der Waals surface area contributed by atoms with Crippen molar-refractivity contribution in [1.29, 1.82) is 0 Å². The number of aryl methyl sites for hydroxylation is 1. The molecule has 0 bridgehead atoms. The van der Waals surface area contributed by atoms with E-state index in [9.17, 15) is 28.3 Å². The van der Waals surface area contributed by atoms with Crippen LogP contribution in [0.15, 0.2) is 65.6 Å². The van der Waals surface area contributed by atoms with Crippen molar-refractivity contribution in [3.05, 3.63) is 111 Å². The maximum atomic E-state index is 14.1. The molecule has 0 atom stereocenters. The second kappa shape index (κ2) is 9.38. The van der Waals surface area contributed by atoms with E-state index in [0.717, 1.165) is 10.1 Å². The zero-order chi connectivity index (χ0) is 23.4. The number of pyridine rings is 1. The average molecular weight is 439 g/mol. The van der Waals surface area contributed by atoms with Crippen molar-refractivity contribution in [2.45, 2.75) is 19.9 Å². The zero-order valence-electron chi connectivity index (χ0n) is 17.0. The normalized spacial score (nSPS) is 11.4. The van der Waals surface area contributed by atoms with Gasteiger partial charge in [-0.1, -0.05) is 24.3 Å². The number of aliphatic carboxylic acids is 1. The third-order valence-corrected chi connectivity index (χ3v) is 4.89. The summed E-state index contributed by atoms with van der Waals surface area (Å²) in [5.74, 6) is -4.93. The van der Waals surface area contributed by atoms with E-state index in [2.05, 4.69) is 0 Å². The first-order valence-electron chi connectivity index (χ1n) is 9.56. The third-order valence-electron chi connectivity index (χ3n) is 4.89. The van der Waals surface area contributed by atoms with E-state index >= 15 is 0 Å².